The van der Waals surface area contributed by atoms with Gasteiger partial charge in [0.2, 0.25) is 11.8 Å². The van der Waals surface area contributed by atoms with Crippen molar-refractivity contribution >= 4 is 17.0 Å². The van der Waals surface area contributed by atoms with Gasteiger partial charge in [-0.2, -0.15) is 0 Å². The van der Waals surface area contributed by atoms with Gasteiger partial charge in [0.1, 0.15) is 11.3 Å². The van der Waals surface area contributed by atoms with Crippen molar-refractivity contribution in [2.24, 2.45) is 5.92 Å². The maximum atomic E-state index is 11.3. The predicted molar refractivity (Wildman–Crippen MR) is 129 cm³/mol. The SMILES string of the molecule is CC(=O)NC(C)c1ccc2nc(-c3ccc(Cc4cccc(OCC5CC5)c4)cc3)oc2c1. The monoisotopic (exact) mass is 440 g/mol. The lowest BCUT2D eigenvalue weighted by Gasteiger charge is -2.12. The largest absolute Gasteiger partial charge is 0.493 e. The van der Waals surface area contributed by atoms with Gasteiger partial charge in [-0.1, -0.05) is 30.3 Å². The van der Waals surface area contributed by atoms with Crippen LogP contribution in [0.4, 0.5) is 0 Å². The average Bonchev–Trinajstić information content (AvgIpc) is 3.54. The van der Waals surface area contributed by atoms with Crippen molar-refractivity contribution in [1.82, 2.24) is 10.3 Å². The molecule has 0 radical (unpaired) electrons. The Morgan fingerprint density at radius 2 is 1.91 bits per heavy atom. The molecule has 0 spiro atoms. The number of carbonyl (C=O) groups is 1. The van der Waals surface area contributed by atoms with Gasteiger partial charge >= 0.3 is 0 Å². The van der Waals surface area contributed by atoms with Crippen molar-refractivity contribution < 1.29 is 13.9 Å². The molecule has 1 unspecified atom stereocenters. The van der Waals surface area contributed by atoms with Crippen molar-refractivity contribution in [3.8, 4) is 17.2 Å². The van der Waals surface area contributed by atoms with Gasteiger partial charge in [0.05, 0.1) is 12.6 Å². The zero-order chi connectivity index (χ0) is 22.8. The quantitative estimate of drug-likeness (QED) is 0.361. The van der Waals surface area contributed by atoms with Gasteiger partial charge in [-0.05, 0) is 85.2 Å². The van der Waals surface area contributed by atoms with Crippen LogP contribution in [0.5, 0.6) is 5.75 Å². The number of ether oxygens (including phenoxy) is 1. The number of nitrogens with one attached hydrogen (secondary N) is 1. The van der Waals surface area contributed by atoms with Crippen molar-refractivity contribution in [2.75, 3.05) is 6.61 Å². The molecule has 1 amide bonds. The van der Waals surface area contributed by atoms with Crippen LogP contribution in [0, 0.1) is 5.92 Å². The molecule has 5 rings (SSSR count). The smallest absolute Gasteiger partial charge is 0.227 e. The molecule has 5 nitrogen and oxygen atoms in total. The van der Waals surface area contributed by atoms with Crippen LogP contribution < -0.4 is 10.1 Å². The molecule has 168 valence electrons. The van der Waals surface area contributed by atoms with Crippen molar-refractivity contribution in [1.29, 1.82) is 0 Å². The summed E-state index contributed by atoms with van der Waals surface area (Å²) in [6.45, 7) is 4.30. The molecular formula is C28H28N2O3. The Morgan fingerprint density at radius 3 is 2.67 bits per heavy atom. The molecule has 3 aromatic carbocycles. The van der Waals surface area contributed by atoms with E-state index in [0.29, 0.717) is 11.5 Å². The highest BCUT2D eigenvalue weighted by Gasteiger charge is 2.21. The zero-order valence-electron chi connectivity index (χ0n) is 19.0. The van der Waals surface area contributed by atoms with E-state index in [-0.39, 0.29) is 11.9 Å². The number of hydrogen-bond donors (Lipinski definition) is 1. The third-order valence-corrected chi connectivity index (χ3v) is 6.02. The number of carbonyl (C=O) groups excluding carboxylic acids is 1. The molecule has 0 saturated heterocycles. The van der Waals surface area contributed by atoms with Crippen LogP contribution in [0.25, 0.3) is 22.6 Å². The number of fused-ring (bicyclic) bond motifs is 1. The minimum atomic E-state index is -0.0858. The van der Waals surface area contributed by atoms with Crippen molar-refractivity contribution in [3.05, 3.63) is 83.4 Å². The lowest BCUT2D eigenvalue weighted by Crippen LogP contribution is -2.23. The van der Waals surface area contributed by atoms with E-state index in [1.807, 2.05) is 43.3 Å². The molecule has 1 aliphatic carbocycles. The average molecular weight is 441 g/mol. The molecule has 0 aliphatic heterocycles. The summed E-state index contributed by atoms with van der Waals surface area (Å²) in [4.78, 5) is 16.0. The molecule has 1 saturated carbocycles. The van der Waals surface area contributed by atoms with E-state index in [1.54, 1.807) is 0 Å². The van der Waals surface area contributed by atoms with Crippen molar-refractivity contribution in [3.63, 3.8) is 0 Å². The van der Waals surface area contributed by atoms with Crippen LogP contribution in [-0.4, -0.2) is 17.5 Å². The molecule has 1 aliphatic rings. The summed E-state index contributed by atoms with van der Waals surface area (Å²) in [5, 5.41) is 2.90. The highest BCUT2D eigenvalue weighted by molar-refractivity contribution is 5.78. The molecule has 1 heterocycles. The van der Waals surface area contributed by atoms with Gasteiger partial charge in [-0.3, -0.25) is 4.79 Å². The third-order valence-electron chi connectivity index (χ3n) is 6.02. The topological polar surface area (TPSA) is 64.4 Å². The first-order valence-electron chi connectivity index (χ1n) is 11.5. The highest BCUT2D eigenvalue weighted by Crippen LogP contribution is 2.30. The first-order chi connectivity index (χ1) is 16.0. The van der Waals surface area contributed by atoms with E-state index in [2.05, 4.69) is 40.6 Å². The first kappa shape index (κ1) is 21.3. The van der Waals surface area contributed by atoms with E-state index in [0.717, 1.165) is 41.3 Å². The zero-order valence-corrected chi connectivity index (χ0v) is 19.0. The van der Waals surface area contributed by atoms with Crippen LogP contribution in [0.2, 0.25) is 0 Å². The van der Waals surface area contributed by atoms with E-state index in [1.165, 1.54) is 30.9 Å². The van der Waals surface area contributed by atoms with Gasteiger partial charge < -0.3 is 14.5 Å². The van der Waals surface area contributed by atoms with Gasteiger partial charge in [0, 0.05) is 12.5 Å². The Kier molecular flexibility index (Phi) is 5.86. The molecule has 1 fully saturated rings. The second-order valence-electron chi connectivity index (χ2n) is 8.94. The van der Waals surface area contributed by atoms with Gasteiger partial charge in [0.15, 0.2) is 5.58 Å². The summed E-state index contributed by atoms with van der Waals surface area (Å²) in [7, 11) is 0. The summed E-state index contributed by atoms with van der Waals surface area (Å²) < 4.78 is 11.9. The maximum absolute atomic E-state index is 11.3. The van der Waals surface area contributed by atoms with E-state index in [9.17, 15) is 4.79 Å². The fourth-order valence-corrected chi connectivity index (χ4v) is 3.97. The minimum absolute atomic E-state index is 0.0570. The number of hydrogen-bond acceptors (Lipinski definition) is 4. The normalized spacial score (nSPS) is 14.2. The lowest BCUT2D eigenvalue weighted by atomic mass is 10.0. The molecule has 1 atom stereocenters. The molecule has 4 aromatic rings. The van der Waals surface area contributed by atoms with E-state index >= 15 is 0 Å². The number of oxazole rings is 1. The van der Waals surface area contributed by atoms with E-state index in [4.69, 9.17) is 9.15 Å². The predicted octanol–water partition coefficient (Wildman–Crippen LogP) is 6.07. The fourth-order valence-electron chi connectivity index (χ4n) is 3.97. The van der Waals surface area contributed by atoms with Crippen LogP contribution >= 0.6 is 0 Å². The standard InChI is InChI=1S/C28H28N2O3/c1-18(29-19(2)31)24-12-13-26-27(16-24)33-28(30-26)23-10-8-20(9-11-23)14-22-4-3-5-25(15-22)32-17-21-6-7-21/h3-5,8-13,15-16,18,21H,6-7,14,17H2,1-2H3,(H,29,31). The van der Waals surface area contributed by atoms with Gasteiger partial charge in [-0.15, -0.1) is 0 Å². The Hall–Kier alpha value is -3.60. The summed E-state index contributed by atoms with van der Waals surface area (Å²) in [6, 6.07) is 22.5. The molecule has 5 heteroatoms. The van der Waals surface area contributed by atoms with Crippen LogP contribution in [-0.2, 0) is 11.2 Å². The molecule has 0 bridgehead atoms. The van der Waals surface area contributed by atoms with E-state index < -0.39 is 0 Å². The molecule has 33 heavy (non-hydrogen) atoms. The maximum Gasteiger partial charge on any atom is 0.227 e. The Morgan fingerprint density at radius 1 is 1.09 bits per heavy atom. The third kappa shape index (κ3) is 5.25. The number of aromatic nitrogens is 1. The Balaban J connectivity index is 1.29. The second-order valence-corrected chi connectivity index (χ2v) is 8.94. The second kappa shape index (κ2) is 9.10. The van der Waals surface area contributed by atoms with Crippen LogP contribution in [0.15, 0.2) is 71.1 Å². The summed E-state index contributed by atoms with van der Waals surface area (Å²) >= 11 is 0. The van der Waals surface area contributed by atoms with Crippen LogP contribution in [0.3, 0.4) is 0 Å². The van der Waals surface area contributed by atoms with Crippen molar-refractivity contribution in [2.45, 2.75) is 39.2 Å². The first-order valence-corrected chi connectivity index (χ1v) is 11.5. The Bertz CT molecular complexity index is 1270. The number of amides is 1. The molecular weight excluding hydrogens is 412 g/mol. The molecule has 1 aromatic heterocycles. The molecule has 1 N–H and O–H groups in total. The van der Waals surface area contributed by atoms with Gasteiger partial charge in [-0.25, -0.2) is 4.98 Å². The lowest BCUT2D eigenvalue weighted by molar-refractivity contribution is -0.119. The number of benzene rings is 3. The summed E-state index contributed by atoms with van der Waals surface area (Å²) in [5.41, 5.74) is 5.90. The van der Waals surface area contributed by atoms with Gasteiger partial charge in [0.25, 0.3) is 0 Å². The fraction of sp³-hybridized carbons (Fsp3) is 0.286. The summed E-state index contributed by atoms with van der Waals surface area (Å²) in [6.07, 6.45) is 3.44. The highest BCUT2D eigenvalue weighted by atomic mass is 16.5. The minimum Gasteiger partial charge on any atom is -0.493 e. The summed E-state index contributed by atoms with van der Waals surface area (Å²) in [5.74, 6) is 2.24. The number of nitrogens with zero attached hydrogens (tertiary/aromatic N) is 1. The number of rotatable bonds is 8. The Labute approximate surface area is 193 Å². The van der Waals surface area contributed by atoms with Crippen LogP contribution in [0.1, 0.15) is 49.4 Å².